The number of aromatic nitrogens is 3. The molecule has 176 valence electrons. The summed E-state index contributed by atoms with van der Waals surface area (Å²) in [7, 11) is 1.65. The Kier molecular flexibility index (Phi) is 7.14. The number of hydrogen-bond acceptors (Lipinski definition) is 10. The van der Waals surface area contributed by atoms with Crippen molar-refractivity contribution in [3.8, 4) is 28.1 Å². The van der Waals surface area contributed by atoms with E-state index in [1.165, 1.54) is 18.9 Å². The molecule has 2 aromatic heterocycles. The monoisotopic (exact) mass is 470 g/mol. The normalized spacial score (nSPS) is 14.9. The van der Waals surface area contributed by atoms with Crippen LogP contribution in [0.5, 0.6) is 17.5 Å². The molecule has 1 fully saturated rings. The predicted octanol–water partition coefficient (Wildman–Crippen LogP) is 3.70. The van der Waals surface area contributed by atoms with Crippen LogP contribution < -0.4 is 25.7 Å². The van der Waals surface area contributed by atoms with Crippen molar-refractivity contribution in [1.29, 1.82) is 0 Å². The van der Waals surface area contributed by atoms with Crippen LogP contribution in [0.3, 0.4) is 0 Å². The Morgan fingerprint density at radius 1 is 1.06 bits per heavy atom. The van der Waals surface area contributed by atoms with Crippen LogP contribution in [0.15, 0.2) is 24.3 Å². The topological polar surface area (TPSA) is 122 Å². The number of nitrogens with zero attached hydrogens (tertiary/aromatic N) is 4. The second-order valence-electron chi connectivity index (χ2n) is 7.98. The molecule has 0 saturated carbocycles. The van der Waals surface area contributed by atoms with E-state index in [9.17, 15) is 0 Å². The Labute approximate surface area is 197 Å². The molecule has 1 saturated heterocycles. The third-order valence-electron chi connectivity index (χ3n) is 5.52. The minimum Gasteiger partial charge on any atom is -0.493 e. The van der Waals surface area contributed by atoms with E-state index in [-0.39, 0.29) is 23.8 Å². The highest BCUT2D eigenvalue weighted by Crippen LogP contribution is 2.37. The second-order valence-corrected chi connectivity index (χ2v) is 9.19. The van der Waals surface area contributed by atoms with Gasteiger partial charge >= 0.3 is 6.01 Å². The third-order valence-corrected chi connectivity index (χ3v) is 6.55. The van der Waals surface area contributed by atoms with Gasteiger partial charge in [-0.15, -0.1) is 11.3 Å². The highest BCUT2D eigenvalue weighted by molar-refractivity contribution is 7.15. The number of hydrogen-bond donors (Lipinski definition) is 2. The lowest BCUT2D eigenvalue weighted by Gasteiger charge is -2.16. The van der Waals surface area contributed by atoms with Crippen LogP contribution in [0.2, 0.25) is 0 Å². The molecule has 4 N–H and O–H groups in total. The van der Waals surface area contributed by atoms with E-state index >= 15 is 0 Å². The molecule has 0 spiro atoms. The third kappa shape index (κ3) is 5.63. The van der Waals surface area contributed by atoms with Crippen molar-refractivity contribution in [3.05, 3.63) is 34.8 Å². The first kappa shape index (κ1) is 23.1. The van der Waals surface area contributed by atoms with Crippen molar-refractivity contribution in [2.75, 3.05) is 44.8 Å². The van der Waals surface area contributed by atoms with Gasteiger partial charge in [-0.2, -0.15) is 9.97 Å². The van der Waals surface area contributed by atoms with E-state index in [1.807, 2.05) is 32.0 Å². The van der Waals surface area contributed by atoms with E-state index in [0.29, 0.717) is 12.4 Å². The Balaban J connectivity index is 1.49. The molecule has 9 nitrogen and oxygen atoms in total. The van der Waals surface area contributed by atoms with Crippen LogP contribution in [0.1, 0.15) is 36.4 Å². The Bertz CT molecular complexity index is 1080. The number of likely N-dealkylation sites (tertiary alicyclic amines) is 1. The van der Waals surface area contributed by atoms with Gasteiger partial charge in [0, 0.05) is 23.1 Å². The van der Waals surface area contributed by atoms with E-state index < -0.39 is 0 Å². The smallest absolute Gasteiger partial charge is 0.320 e. The number of benzene rings is 1. The van der Waals surface area contributed by atoms with Crippen molar-refractivity contribution < 1.29 is 14.2 Å². The molecule has 0 bridgehead atoms. The predicted molar refractivity (Wildman–Crippen MR) is 130 cm³/mol. The number of ether oxygens (including phenoxy) is 3. The van der Waals surface area contributed by atoms with Gasteiger partial charge in [0.2, 0.25) is 0 Å². The van der Waals surface area contributed by atoms with Gasteiger partial charge in [0.25, 0.3) is 0 Å². The van der Waals surface area contributed by atoms with Crippen molar-refractivity contribution >= 4 is 23.0 Å². The quantitative estimate of drug-likeness (QED) is 0.482. The van der Waals surface area contributed by atoms with Crippen LogP contribution in [-0.4, -0.2) is 53.2 Å². The molecular formula is C23H30N6O3S. The standard InChI is InChI=1S/C23H30N6O3S/c1-14(32-23-26-19(24)13-20(25)27-23)21-15(2)33-22(28-21)16-6-7-17(30-3)18(12-16)31-11-10-29-8-4-5-9-29/h6-7,12-14H,4-5,8-11H2,1-3H3,(H4,24,25,26,27)/t14-/m1/s1. The molecule has 33 heavy (non-hydrogen) atoms. The molecule has 0 aliphatic carbocycles. The molecule has 0 unspecified atom stereocenters. The van der Waals surface area contributed by atoms with Gasteiger partial charge in [0.05, 0.1) is 12.8 Å². The summed E-state index contributed by atoms with van der Waals surface area (Å²) in [5, 5.41) is 0.873. The molecule has 1 aliphatic heterocycles. The van der Waals surface area contributed by atoms with Crippen molar-refractivity contribution in [1.82, 2.24) is 19.9 Å². The lowest BCUT2D eigenvalue weighted by atomic mass is 10.2. The zero-order chi connectivity index (χ0) is 23.4. The van der Waals surface area contributed by atoms with Crippen LogP contribution in [0, 0.1) is 6.92 Å². The van der Waals surface area contributed by atoms with E-state index in [2.05, 4.69) is 14.9 Å². The first-order valence-electron chi connectivity index (χ1n) is 11.0. The number of aryl methyl sites for hydroxylation is 1. The summed E-state index contributed by atoms with van der Waals surface area (Å²) in [5.74, 6) is 1.95. The summed E-state index contributed by atoms with van der Waals surface area (Å²) in [6, 6.07) is 7.50. The molecule has 1 aromatic carbocycles. The molecule has 10 heteroatoms. The van der Waals surface area contributed by atoms with Crippen LogP contribution in [0.4, 0.5) is 11.6 Å². The first-order chi connectivity index (χ1) is 15.9. The van der Waals surface area contributed by atoms with Crippen molar-refractivity contribution in [2.45, 2.75) is 32.8 Å². The van der Waals surface area contributed by atoms with Crippen LogP contribution >= 0.6 is 11.3 Å². The van der Waals surface area contributed by atoms with Gasteiger partial charge in [0.1, 0.15) is 29.4 Å². The molecular weight excluding hydrogens is 440 g/mol. The lowest BCUT2D eigenvalue weighted by molar-refractivity contribution is 0.203. The summed E-state index contributed by atoms with van der Waals surface area (Å²) in [5.41, 5.74) is 13.3. The minimum absolute atomic E-state index is 0.132. The van der Waals surface area contributed by atoms with Gasteiger partial charge in [-0.25, -0.2) is 4.98 Å². The second kappa shape index (κ2) is 10.2. The first-order valence-corrected chi connectivity index (χ1v) is 11.8. The maximum atomic E-state index is 6.08. The fourth-order valence-electron chi connectivity index (χ4n) is 3.85. The number of nitrogens with two attached hydrogens (primary N) is 2. The molecule has 0 radical (unpaired) electrons. The van der Waals surface area contributed by atoms with Gasteiger partial charge in [0.15, 0.2) is 11.5 Å². The largest absolute Gasteiger partial charge is 0.493 e. The van der Waals surface area contributed by atoms with Gasteiger partial charge in [-0.3, -0.25) is 4.90 Å². The maximum Gasteiger partial charge on any atom is 0.320 e. The van der Waals surface area contributed by atoms with E-state index in [0.717, 1.165) is 46.5 Å². The Morgan fingerprint density at radius 3 is 2.48 bits per heavy atom. The van der Waals surface area contributed by atoms with Gasteiger partial charge < -0.3 is 25.7 Å². The zero-order valence-corrected chi connectivity index (χ0v) is 20.0. The zero-order valence-electron chi connectivity index (χ0n) is 19.2. The van der Waals surface area contributed by atoms with Gasteiger partial charge in [-0.05, 0) is 58.0 Å². The Morgan fingerprint density at radius 2 is 1.79 bits per heavy atom. The summed E-state index contributed by atoms with van der Waals surface area (Å²) >= 11 is 1.59. The van der Waals surface area contributed by atoms with Crippen molar-refractivity contribution in [3.63, 3.8) is 0 Å². The highest BCUT2D eigenvalue weighted by Gasteiger charge is 2.20. The number of nitrogen functional groups attached to an aromatic ring is 2. The number of anilines is 2. The Hall–Kier alpha value is -3.11. The molecule has 4 rings (SSSR count). The van der Waals surface area contributed by atoms with E-state index in [1.54, 1.807) is 18.4 Å². The fraction of sp³-hybridized carbons (Fsp3) is 0.435. The van der Waals surface area contributed by atoms with Gasteiger partial charge in [-0.1, -0.05) is 0 Å². The molecule has 3 aromatic rings. The SMILES string of the molecule is COc1ccc(-c2nc([C@@H](C)Oc3nc(N)cc(N)n3)c(C)s2)cc1OCCN1CCCC1. The van der Waals surface area contributed by atoms with Crippen molar-refractivity contribution in [2.24, 2.45) is 0 Å². The number of rotatable bonds is 9. The fourth-order valence-corrected chi connectivity index (χ4v) is 4.85. The maximum absolute atomic E-state index is 6.08. The number of thiazole rings is 1. The highest BCUT2D eigenvalue weighted by atomic mass is 32.1. The summed E-state index contributed by atoms with van der Waals surface area (Å²) < 4.78 is 17.5. The molecule has 1 aliphatic rings. The average Bonchev–Trinajstić information content (AvgIpc) is 3.42. The average molecular weight is 471 g/mol. The summed E-state index contributed by atoms with van der Waals surface area (Å²) in [6.45, 7) is 7.75. The molecule has 0 amide bonds. The van der Waals surface area contributed by atoms with Crippen LogP contribution in [0.25, 0.3) is 10.6 Å². The number of methoxy groups -OCH3 is 1. The summed E-state index contributed by atoms with van der Waals surface area (Å²) in [6.07, 6.45) is 2.17. The molecule has 3 heterocycles. The minimum atomic E-state index is -0.370. The molecule has 1 atom stereocenters. The van der Waals surface area contributed by atoms with Crippen LogP contribution in [-0.2, 0) is 0 Å². The lowest BCUT2D eigenvalue weighted by Crippen LogP contribution is -2.25. The summed E-state index contributed by atoms with van der Waals surface area (Å²) in [4.78, 5) is 16.5. The van der Waals surface area contributed by atoms with E-state index in [4.69, 9.17) is 30.7 Å².